The van der Waals surface area contributed by atoms with Crippen LogP contribution < -0.4 is 16.0 Å². The first-order valence-corrected chi connectivity index (χ1v) is 15.9. The Morgan fingerprint density at radius 3 is 1.60 bits per heavy atom. The highest BCUT2D eigenvalue weighted by Gasteiger charge is 2.14. The van der Waals surface area contributed by atoms with Crippen LogP contribution in [0.25, 0.3) is 43.8 Å². The molecule has 3 heteroatoms. The van der Waals surface area contributed by atoms with Crippen LogP contribution >= 0.6 is 0 Å². The van der Waals surface area contributed by atoms with Crippen LogP contribution in [0.3, 0.4) is 0 Å². The molecule has 8 aromatic carbocycles. The average Bonchev–Trinajstić information content (AvgIpc) is 3.13. The fourth-order valence-electron chi connectivity index (χ4n) is 6.32. The summed E-state index contributed by atoms with van der Waals surface area (Å²) in [5.41, 5.74) is 10.9. The van der Waals surface area contributed by atoms with Gasteiger partial charge < -0.3 is 16.0 Å². The molecule has 0 heterocycles. The molecule has 47 heavy (non-hydrogen) atoms. The molecule has 0 fully saturated rings. The van der Waals surface area contributed by atoms with E-state index in [1.54, 1.807) is 0 Å². The average molecular weight is 604 g/mol. The molecule has 8 rings (SSSR count). The molecular formula is C44H33N3. The summed E-state index contributed by atoms with van der Waals surface area (Å²) in [6, 6.07) is 64.0. The SMILES string of the molecule is c1ccc(Nc2c(-c3ccccc3Nc3cccc(-c4cccc(Nc5cccc6ccccc56)c4)c3)ccc3ccccc23)cc1. The van der Waals surface area contributed by atoms with Crippen molar-refractivity contribution in [3.8, 4) is 22.3 Å². The molecule has 0 aliphatic rings. The van der Waals surface area contributed by atoms with Crippen LogP contribution in [0.1, 0.15) is 0 Å². The molecular weight excluding hydrogens is 571 g/mol. The number of rotatable bonds is 8. The Morgan fingerprint density at radius 1 is 0.298 bits per heavy atom. The quantitative estimate of drug-likeness (QED) is 0.162. The van der Waals surface area contributed by atoms with Crippen molar-refractivity contribution in [2.45, 2.75) is 0 Å². The summed E-state index contributed by atoms with van der Waals surface area (Å²) in [5.74, 6) is 0. The number of fused-ring (bicyclic) bond motifs is 2. The van der Waals surface area contributed by atoms with E-state index >= 15 is 0 Å². The maximum absolute atomic E-state index is 3.75. The van der Waals surface area contributed by atoms with Crippen molar-refractivity contribution < 1.29 is 0 Å². The highest BCUT2D eigenvalue weighted by molar-refractivity contribution is 6.05. The van der Waals surface area contributed by atoms with E-state index in [0.29, 0.717) is 0 Å². The monoisotopic (exact) mass is 603 g/mol. The molecule has 224 valence electrons. The predicted molar refractivity (Wildman–Crippen MR) is 202 cm³/mol. The van der Waals surface area contributed by atoms with Gasteiger partial charge in [-0.2, -0.15) is 0 Å². The lowest BCUT2D eigenvalue weighted by molar-refractivity contribution is 1.51. The van der Waals surface area contributed by atoms with Gasteiger partial charge in [-0.1, -0.05) is 133 Å². The third-order valence-corrected chi connectivity index (χ3v) is 8.60. The van der Waals surface area contributed by atoms with E-state index in [2.05, 4.69) is 192 Å². The van der Waals surface area contributed by atoms with Crippen molar-refractivity contribution in [1.82, 2.24) is 0 Å². The second kappa shape index (κ2) is 12.6. The van der Waals surface area contributed by atoms with Crippen LogP contribution in [0.15, 0.2) is 182 Å². The van der Waals surface area contributed by atoms with Crippen LogP contribution in [0, 0.1) is 0 Å². The van der Waals surface area contributed by atoms with E-state index in [9.17, 15) is 0 Å². The topological polar surface area (TPSA) is 36.1 Å². The Hall–Kier alpha value is -6.32. The summed E-state index contributed by atoms with van der Waals surface area (Å²) in [6.45, 7) is 0. The zero-order valence-corrected chi connectivity index (χ0v) is 25.8. The Bertz CT molecular complexity index is 2340. The molecule has 0 aliphatic heterocycles. The van der Waals surface area contributed by atoms with Crippen LogP contribution in [0.5, 0.6) is 0 Å². The van der Waals surface area contributed by atoms with Gasteiger partial charge in [0.1, 0.15) is 0 Å². The Kier molecular flexibility index (Phi) is 7.54. The van der Waals surface area contributed by atoms with E-state index < -0.39 is 0 Å². The molecule has 3 nitrogen and oxygen atoms in total. The van der Waals surface area contributed by atoms with Crippen molar-refractivity contribution in [3.63, 3.8) is 0 Å². The van der Waals surface area contributed by atoms with E-state index in [1.807, 2.05) is 6.07 Å². The van der Waals surface area contributed by atoms with Crippen molar-refractivity contribution in [1.29, 1.82) is 0 Å². The lowest BCUT2D eigenvalue weighted by Crippen LogP contribution is -1.98. The molecule has 0 spiro atoms. The lowest BCUT2D eigenvalue weighted by Gasteiger charge is -2.19. The molecule has 0 saturated heterocycles. The first-order valence-electron chi connectivity index (χ1n) is 15.9. The minimum Gasteiger partial charge on any atom is -0.355 e. The highest BCUT2D eigenvalue weighted by Crippen LogP contribution is 2.41. The molecule has 0 amide bonds. The smallest absolute Gasteiger partial charge is 0.0544 e. The Morgan fingerprint density at radius 2 is 0.830 bits per heavy atom. The van der Waals surface area contributed by atoms with Crippen LogP contribution in [0.4, 0.5) is 34.1 Å². The fourth-order valence-corrected chi connectivity index (χ4v) is 6.32. The van der Waals surface area contributed by atoms with Crippen LogP contribution in [-0.4, -0.2) is 0 Å². The summed E-state index contributed by atoms with van der Waals surface area (Å²) in [7, 11) is 0. The van der Waals surface area contributed by atoms with Gasteiger partial charge >= 0.3 is 0 Å². The molecule has 0 radical (unpaired) electrons. The largest absolute Gasteiger partial charge is 0.355 e. The summed E-state index contributed by atoms with van der Waals surface area (Å²) in [5, 5.41) is 15.9. The zero-order chi connectivity index (χ0) is 31.4. The van der Waals surface area contributed by atoms with Gasteiger partial charge in [0, 0.05) is 50.3 Å². The number of nitrogens with one attached hydrogen (secondary N) is 3. The maximum Gasteiger partial charge on any atom is 0.0544 e. The second-order valence-corrected chi connectivity index (χ2v) is 11.7. The van der Waals surface area contributed by atoms with Crippen molar-refractivity contribution in [2.24, 2.45) is 0 Å². The first kappa shape index (κ1) is 28.2. The van der Waals surface area contributed by atoms with E-state index in [0.717, 1.165) is 56.4 Å². The van der Waals surface area contributed by atoms with Gasteiger partial charge in [0.05, 0.1) is 5.69 Å². The Balaban J connectivity index is 1.12. The minimum atomic E-state index is 1.03. The summed E-state index contributed by atoms with van der Waals surface area (Å²) in [6.07, 6.45) is 0. The molecule has 0 saturated carbocycles. The molecule has 0 aliphatic carbocycles. The number of hydrogen-bond acceptors (Lipinski definition) is 3. The molecule has 0 aromatic heterocycles. The maximum atomic E-state index is 3.75. The van der Waals surface area contributed by atoms with Crippen molar-refractivity contribution in [2.75, 3.05) is 16.0 Å². The summed E-state index contributed by atoms with van der Waals surface area (Å²) >= 11 is 0. The molecule has 0 atom stereocenters. The van der Waals surface area contributed by atoms with E-state index in [1.165, 1.54) is 21.5 Å². The van der Waals surface area contributed by atoms with Crippen molar-refractivity contribution in [3.05, 3.63) is 182 Å². The predicted octanol–water partition coefficient (Wildman–Crippen LogP) is 12.6. The minimum absolute atomic E-state index is 1.03. The van der Waals surface area contributed by atoms with Crippen molar-refractivity contribution >= 4 is 55.7 Å². The molecule has 0 unspecified atom stereocenters. The standard InChI is InChI=1S/C44H33N3/c1-2-18-35(19-3-1)47-44-39-23-7-5-14-32(39)27-28-41(44)40-24-8-9-25-43(40)46-37-21-11-17-34(30-37)33-16-10-20-36(29-33)45-42-26-12-15-31-13-4-6-22-38(31)42/h1-30,45-47H. The lowest BCUT2D eigenvalue weighted by atomic mass is 9.96. The highest BCUT2D eigenvalue weighted by atomic mass is 14.9. The number of para-hydroxylation sites is 2. The van der Waals surface area contributed by atoms with Gasteiger partial charge in [-0.15, -0.1) is 0 Å². The summed E-state index contributed by atoms with van der Waals surface area (Å²) in [4.78, 5) is 0. The first-order chi connectivity index (χ1) is 23.3. The third kappa shape index (κ3) is 5.90. The van der Waals surface area contributed by atoms with Crippen LogP contribution in [0.2, 0.25) is 0 Å². The molecule has 0 bridgehead atoms. The second-order valence-electron chi connectivity index (χ2n) is 11.7. The molecule has 3 N–H and O–H groups in total. The molecule has 8 aromatic rings. The van der Waals surface area contributed by atoms with Gasteiger partial charge in [0.15, 0.2) is 0 Å². The number of anilines is 6. The van der Waals surface area contributed by atoms with Crippen LogP contribution in [-0.2, 0) is 0 Å². The third-order valence-electron chi connectivity index (χ3n) is 8.60. The van der Waals surface area contributed by atoms with E-state index in [-0.39, 0.29) is 0 Å². The summed E-state index contributed by atoms with van der Waals surface area (Å²) < 4.78 is 0. The van der Waals surface area contributed by atoms with Gasteiger partial charge in [0.2, 0.25) is 0 Å². The van der Waals surface area contributed by atoms with E-state index in [4.69, 9.17) is 0 Å². The van der Waals surface area contributed by atoms with Gasteiger partial charge in [0.25, 0.3) is 0 Å². The van der Waals surface area contributed by atoms with Gasteiger partial charge in [-0.05, 0) is 70.4 Å². The number of benzene rings is 8. The Labute approximate surface area is 275 Å². The fraction of sp³-hybridized carbons (Fsp3) is 0. The number of hydrogen-bond donors (Lipinski definition) is 3. The zero-order valence-electron chi connectivity index (χ0n) is 25.8. The van der Waals surface area contributed by atoms with Gasteiger partial charge in [-0.25, -0.2) is 0 Å². The normalized spacial score (nSPS) is 11.0. The van der Waals surface area contributed by atoms with Gasteiger partial charge in [-0.3, -0.25) is 0 Å².